The number of ether oxygens (including phenoxy) is 1. The van der Waals surface area contributed by atoms with Gasteiger partial charge in [-0.1, -0.05) is 36.4 Å². The van der Waals surface area contributed by atoms with E-state index in [0.29, 0.717) is 29.2 Å². The Balaban J connectivity index is 1.77. The van der Waals surface area contributed by atoms with Crippen LogP contribution in [0.5, 0.6) is 5.75 Å². The summed E-state index contributed by atoms with van der Waals surface area (Å²) in [6, 6.07) is 13.1. The quantitative estimate of drug-likeness (QED) is 0.617. The number of pyridine rings is 1. The lowest BCUT2D eigenvalue weighted by Crippen LogP contribution is -2.64. The van der Waals surface area contributed by atoms with E-state index in [-0.39, 0.29) is 11.5 Å². The molecule has 1 aromatic heterocycles. The number of aromatic nitrogens is 1. The van der Waals surface area contributed by atoms with Crippen LogP contribution in [0.4, 0.5) is 0 Å². The van der Waals surface area contributed by atoms with E-state index in [9.17, 15) is 9.59 Å². The molecule has 0 bridgehead atoms. The molecule has 0 N–H and O–H groups in total. The summed E-state index contributed by atoms with van der Waals surface area (Å²) in [5.41, 5.74) is 1.02. The molecule has 148 valence electrons. The maximum absolute atomic E-state index is 12.5. The number of nitrogens with zero attached hydrogens (tertiary/aromatic N) is 2. The third-order valence-electron chi connectivity index (χ3n) is 5.50. The molecular weight excluding hydrogens is 388 g/mol. The monoisotopic (exact) mass is 408 g/mol. The van der Waals surface area contributed by atoms with E-state index in [0.717, 1.165) is 16.5 Å². The number of amides is 1. The number of carbonyl (C=O) groups excluding carboxylic acids is 1. The van der Waals surface area contributed by atoms with Crippen LogP contribution in [0, 0.1) is 6.92 Å². The molecule has 0 atom stereocenters. The minimum atomic E-state index is -0.735. The lowest BCUT2D eigenvalue weighted by Gasteiger charge is -2.50. The largest absolute Gasteiger partial charge is 0.479 e. The van der Waals surface area contributed by atoms with Gasteiger partial charge in [0.1, 0.15) is 5.75 Å². The Bertz CT molecular complexity index is 1190. The van der Waals surface area contributed by atoms with Crippen molar-refractivity contribution in [2.75, 3.05) is 13.1 Å². The summed E-state index contributed by atoms with van der Waals surface area (Å²) in [5.74, 6) is 0.433. The third kappa shape index (κ3) is 3.21. The first kappa shape index (κ1) is 19.3. The molecule has 29 heavy (non-hydrogen) atoms. The van der Waals surface area contributed by atoms with Gasteiger partial charge in [0.15, 0.2) is 5.60 Å². The molecule has 0 aliphatic carbocycles. The predicted molar refractivity (Wildman–Crippen MR) is 114 cm³/mol. The molecule has 1 aliphatic heterocycles. The van der Waals surface area contributed by atoms with Crippen molar-refractivity contribution in [1.29, 1.82) is 0 Å². The average Bonchev–Trinajstić information content (AvgIpc) is 2.69. The van der Waals surface area contributed by atoms with Gasteiger partial charge in [0.25, 0.3) is 5.56 Å². The van der Waals surface area contributed by atoms with E-state index >= 15 is 0 Å². The number of hydrogen-bond acceptors (Lipinski definition) is 3. The van der Waals surface area contributed by atoms with E-state index in [2.05, 4.69) is 6.58 Å². The summed E-state index contributed by atoms with van der Waals surface area (Å²) in [5, 5.41) is 2.08. The van der Waals surface area contributed by atoms with Crippen LogP contribution >= 0.6 is 11.6 Å². The maximum atomic E-state index is 12.5. The van der Waals surface area contributed by atoms with E-state index in [1.807, 2.05) is 43.3 Å². The molecule has 0 radical (unpaired) electrons. The van der Waals surface area contributed by atoms with Crippen molar-refractivity contribution >= 4 is 28.3 Å². The Morgan fingerprint density at radius 1 is 1.24 bits per heavy atom. The van der Waals surface area contributed by atoms with Gasteiger partial charge >= 0.3 is 0 Å². The zero-order valence-electron chi connectivity index (χ0n) is 16.3. The fourth-order valence-electron chi connectivity index (χ4n) is 3.85. The Morgan fingerprint density at radius 2 is 2.00 bits per heavy atom. The van der Waals surface area contributed by atoms with Crippen LogP contribution in [-0.4, -0.2) is 28.5 Å². The fourth-order valence-corrected chi connectivity index (χ4v) is 4.03. The van der Waals surface area contributed by atoms with Crippen molar-refractivity contribution < 1.29 is 9.53 Å². The van der Waals surface area contributed by atoms with Crippen molar-refractivity contribution in [2.45, 2.75) is 12.5 Å². The van der Waals surface area contributed by atoms with Crippen LogP contribution in [0.2, 0.25) is 5.02 Å². The smallest absolute Gasteiger partial charge is 0.258 e. The van der Waals surface area contributed by atoms with Crippen LogP contribution in [0.15, 0.2) is 66.1 Å². The topological polar surface area (TPSA) is 51.5 Å². The second-order valence-corrected chi connectivity index (χ2v) is 7.80. The molecule has 3 aromatic rings. The van der Waals surface area contributed by atoms with Gasteiger partial charge in [-0.25, -0.2) is 0 Å². The van der Waals surface area contributed by atoms with Gasteiger partial charge < -0.3 is 14.2 Å². The van der Waals surface area contributed by atoms with Crippen LogP contribution in [0.25, 0.3) is 10.8 Å². The molecule has 4 rings (SSSR count). The molecule has 2 heterocycles. The molecular formula is C23H21ClN2O3. The van der Waals surface area contributed by atoms with Gasteiger partial charge in [-0.05, 0) is 48.2 Å². The minimum Gasteiger partial charge on any atom is -0.479 e. The number of fused-ring (bicyclic) bond motifs is 1. The highest BCUT2D eigenvalue weighted by atomic mass is 35.5. The summed E-state index contributed by atoms with van der Waals surface area (Å²) >= 11 is 6.35. The molecule has 0 unspecified atom stereocenters. The number of benzene rings is 2. The first-order chi connectivity index (χ1) is 13.8. The molecule has 1 saturated heterocycles. The molecule has 1 aliphatic rings. The van der Waals surface area contributed by atoms with E-state index < -0.39 is 5.60 Å². The molecule has 0 spiro atoms. The number of aryl methyl sites for hydroxylation is 1. The Hall–Kier alpha value is -3.05. The fraction of sp³-hybridized carbons (Fsp3) is 0.217. The molecule has 0 saturated carbocycles. The van der Waals surface area contributed by atoms with Crippen LogP contribution in [0.1, 0.15) is 11.1 Å². The maximum Gasteiger partial charge on any atom is 0.258 e. The van der Waals surface area contributed by atoms with Crippen LogP contribution in [-0.2, 0) is 17.4 Å². The van der Waals surface area contributed by atoms with Crippen molar-refractivity contribution in [1.82, 2.24) is 9.47 Å². The lowest BCUT2D eigenvalue weighted by molar-refractivity contribution is -0.147. The van der Waals surface area contributed by atoms with Crippen LogP contribution < -0.4 is 10.3 Å². The highest BCUT2D eigenvalue weighted by Crippen LogP contribution is 2.40. The second-order valence-electron chi connectivity index (χ2n) is 7.39. The third-order valence-corrected chi connectivity index (χ3v) is 5.91. The van der Waals surface area contributed by atoms with Crippen molar-refractivity contribution in [3.63, 3.8) is 0 Å². The Labute approximate surface area is 173 Å². The first-order valence-corrected chi connectivity index (χ1v) is 9.68. The standard InChI is InChI=1S/C23H21ClN2O3/c1-4-21(27)26-13-23(14-26,19-6-5-7-20(24)15(19)2)29-17-9-8-16-10-11-25(3)22(28)18(16)12-17/h4-12H,1,13-14H2,2-3H3. The van der Waals surface area contributed by atoms with Crippen molar-refractivity contribution in [3.05, 3.63) is 87.8 Å². The summed E-state index contributed by atoms with van der Waals surface area (Å²) in [6.45, 7) is 6.26. The summed E-state index contributed by atoms with van der Waals surface area (Å²) in [4.78, 5) is 26.2. The van der Waals surface area contributed by atoms with Crippen molar-refractivity contribution in [3.8, 4) is 5.75 Å². The van der Waals surface area contributed by atoms with Gasteiger partial charge in [0, 0.05) is 23.8 Å². The lowest BCUT2D eigenvalue weighted by atomic mass is 9.83. The normalized spacial score (nSPS) is 15.1. The van der Waals surface area contributed by atoms with E-state index in [4.69, 9.17) is 16.3 Å². The van der Waals surface area contributed by atoms with Gasteiger partial charge in [-0.3, -0.25) is 9.59 Å². The van der Waals surface area contributed by atoms with Crippen LogP contribution in [0.3, 0.4) is 0 Å². The highest BCUT2D eigenvalue weighted by molar-refractivity contribution is 6.31. The average molecular weight is 409 g/mol. The zero-order valence-corrected chi connectivity index (χ0v) is 17.1. The van der Waals surface area contributed by atoms with Gasteiger partial charge in [0.2, 0.25) is 5.91 Å². The number of hydrogen-bond donors (Lipinski definition) is 0. The van der Waals surface area contributed by atoms with Gasteiger partial charge in [-0.2, -0.15) is 0 Å². The number of carbonyl (C=O) groups is 1. The Morgan fingerprint density at radius 3 is 2.72 bits per heavy atom. The summed E-state index contributed by atoms with van der Waals surface area (Å²) in [7, 11) is 1.72. The van der Waals surface area contributed by atoms with Gasteiger partial charge in [0.05, 0.1) is 18.5 Å². The molecule has 5 nitrogen and oxygen atoms in total. The highest BCUT2D eigenvalue weighted by Gasteiger charge is 2.49. The SMILES string of the molecule is C=CC(=O)N1CC(Oc2ccc3ccn(C)c(=O)c3c2)(c2cccc(Cl)c2C)C1. The minimum absolute atomic E-state index is 0.0852. The van der Waals surface area contributed by atoms with Gasteiger partial charge in [-0.15, -0.1) is 0 Å². The number of halogens is 1. The zero-order chi connectivity index (χ0) is 20.8. The first-order valence-electron chi connectivity index (χ1n) is 9.30. The predicted octanol–water partition coefficient (Wildman–Crippen LogP) is 3.80. The summed E-state index contributed by atoms with van der Waals surface area (Å²) in [6.07, 6.45) is 3.04. The van der Waals surface area contributed by atoms with E-state index in [1.54, 1.807) is 24.2 Å². The molecule has 1 amide bonds. The Kier molecular flexibility index (Phi) is 4.71. The van der Waals surface area contributed by atoms with E-state index in [1.165, 1.54) is 10.6 Å². The molecule has 2 aromatic carbocycles. The second kappa shape index (κ2) is 7.08. The number of likely N-dealkylation sites (tertiary alicyclic amines) is 1. The molecule has 6 heteroatoms. The summed E-state index contributed by atoms with van der Waals surface area (Å²) < 4.78 is 7.99. The molecule has 1 fully saturated rings. The van der Waals surface area contributed by atoms with Crippen molar-refractivity contribution in [2.24, 2.45) is 7.05 Å². The number of rotatable bonds is 4.